The number of amides is 2. The van der Waals surface area contributed by atoms with E-state index in [4.69, 9.17) is 4.42 Å². The SMILES string of the molecule is CC(C)C(CCO)NC(=O)c1ccccc1N(C)C(=O)c1ccco1. The predicted octanol–water partition coefficient (Wildman–Crippen LogP) is 2.69. The van der Waals surface area contributed by atoms with Crippen LogP contribution in [0.4, 0.5) is 5.69 Å². The van der Waals surface area contributed by atoms with Gasteiger partial charge in [0.25, 0.3) is 11.8 Å². The van der Waals surface area contributed by atoms with Gasteiger partial charge in [0.2, 0.25) is 0 Å². The number of furan rings is 1. The second-order valence-corrected chi connectivity index (χ2v) is 6.19. The molecule has 2 aromatic rings. The second-order valence-electron chi connectivity index (χ2n) is 6.19. The summed E-state index contributed by atoms with van der Waals surface area (Å²) >= 11 is 0. The number of hydrogen-bond acceptors (Lipinski definition) is 4. The fraction of sp³-hybridized carbons (Fsp3) is 0.368. The van der Waals surface area contributed by atoms with Gasteiger partial charge in [0.1, 0.15) is 0 Å². The van der Waals surface area contributed by atoms with Crippen molar-refractivity contribution >= 4 is 17.5 Å². The van der Waals surface area contributed by atoms with Crippen molar-refractivity contribution in [2.24, 2.45) is 5.92 Å². The zero-order valence-electron chi connectivity index (χ0n) is 14.7. The molecule has 25 heavy (non-hydrogen) atoms. The van der Waals surface area contributed by atoms with Crippen LogP contribution in [0.3, 0.4) is 0 Å². The standard InChI is InChI=1S/C19H24N2O4/c1-13(2)15(10-11-22)20-18(23)14-7-4-5-8-16(14)21(3)19(24)17-9-6-12-25-17/h4-9,12-13,15,22H,10-11H2,1-3H3,(H,20,23). The summed E-state index contributed by atoms with van der Waals surface area (Å²) < 4.78 is 5.15. The van der Waals surface area contributed by atoms with E-state index in [-0.39, 0.29) is 36.1 Å². The highest BCUT2D eigenvalue weighted by molar-refractivity contribution is 6.09. The summed E-state index contributed by atoms with van der Waals surface area (Å²) in [7, 11) is 1.60. The monoisotopic (exact) mass is 344 g/mol. The van der Waals surface area contributed by atoms with Crippen LogP contribution >= 0.6 is 0 Å². The van der Waals surface area contributed by atoms with Gasteiger partial charge >= 0.3 is 0 Å². The molecule has 0 saturated heterocycles. The van der Waals surface area contributed by atoms with Crippen LogP contribution in [0.1, 0.15) is 41.2 Å². The Hall–Kier alpha value is -2.60. The largest absolute Gasteiger partial charge is 0.459 e. The summed E-state index contributed by atoms with van der Waals surface area (Å²) in [5.41, 5.74) is 0.890. The minimum absolute atomic E-state index is 0.00164. The first-order chi connectivity index (χ1) is 12.0. The highest BCUT2D eigenvalue weighted by Crippen LogP contribution is 2.22. The number of hydrogen-bond donors (Lipinski definition) is 2. The number of carbonyl (C=O) groups excluding carboxylic acids is 2. The van der Waals surface area contributed by atoms with E-state index in [0.29, 0.717) is 17.7 Å². The molecule has 0 bridgehead atoms. The van der Waals surface area contributed by atoms with Crippen molar-refractivity contribution in [2.75, 3.05) is 18.6 Å². The molecule has 6 nitrogen and oxygen atoms in total. The Morgan fingerprint density at radius 2 is 1.92 bits per heavy atom. The molecule has 0 saturated carbocycles. The first-order valence-corrected chi connectivity index (χ1v) is 8.28. The molecule has 0 radical (unpaired) electrons. The van der Waals surface area contributed by atoms with Crippen molar-refractivity contribution in [3.63, 3.8) is 0 Å². The van der Waals surface area contributed by atoms with Crippen LogP contribution in [0, 0.1) is 5.92 Å². The van der Waals surface area contributed by atoms with E-state index in [9.17, 15) is 14.7 Å². The maximum Gasteiger partial charge on any atom is 0.293 e. The molecule has 1 aromatic carbocycles. The van der Waals surface area contributed by atoms with E-state index in [2.05, 4.69) is 5.32 Å². The van der Waals surface area contributed by atoms with Crippen molar-refractivity contribution in [1.29, 1.82) is 0 Å². The van der Waals surface area contributed by atoms with Gasteiger partial charge in [-0.25, -0.2) is 0 Å². The molecule has 1 heterocycles. The number of aliphatic hydroxyl groups excluding tert-OH is 1. The molecule has 2 rings (SSSR count). The minimum atomic E-state index is -0.332. The summed E-state index contributed by atoms with van der Waals surface area (Å²) in [5.74, 6) is -0.216. The fourth-order valence-electron chi connectivity index (χ4n) is 2.59. The lowest BCUT2D eigenvalue weighted by molar-refractivity contribution is 0.0917. The van der Waals surface area contributed by atoms with Crippen molar-refractivity contribution in [1.82, 2.24) is 5.32 Å². The maximum absolute atomic E-state index is 12.7. The van der Waals surface area contributed by atoms with Crippen molar-refractivity contribution < 1.29 is 19.1 Å². The van der Waals surface area contributed by atoms with E-state index in [1.54, 1.807) is 43.4 Å². The molecular formula is C19H24N2O4. The van der Waals surface area contributed by atoms with Crippen LogP contribution < -0.4 is 10.2 Å². The number of para-hydroxylation sites is 1. The molecule has 0 fully saturated rings. The number of carbonyl (C=O) groups is 2. The molecule has 0 aliphatic rings. The van der Waals surface area contributed by atoms with E-state index < -0.39 is 0 Å². The van der Waals surface area contributed by atoms with Gasteiger partial charge in [-0.15, -0.1) is 0 Å². The summed E-state index contributed by atoms with van der Waals surface area (Å²) in [6.45, 7) is 3.97. The Kier molecular flexibility index (Phi) is 6.36. The normalized spacial score (nSPS) is 12.0. The number of rotatable bonds is 7. The third-order valence-corrected chi connectivity index (χ3v) is 4.11. The lowest BCUT2D eigenvalue weighted by Crippen LogP contribution is -2.40. The average Bonchev–Trinajstić information content (AvgIpc) is 3.14. The van der Waals surface area contributed by atoms with Crippen molar-refractivity contribution in [2.45, 2.75) is 26.3 Å². The average molecular weight is 344 g/mol. The molecule has 134 valence electrons. The quantitative estimate of drug-likeness (QED) is 0.809. The first kappa shape index (κ1) is 18.7. The Labute approximate surface area is 147 Å². The first-order valence-electron chi connectivity index (χ1n) is 8.28. The van der Waals surface area contributed by atoms with Gasteiger partial charge in [0, 0.05) is 19.7 Å². The summed E-state index contributed by atoms with van der Waals surface area (Å²) in [6.07, 6.45) is 1.91. The van der Waals surface area contributed by atoms with Crippen LogP contribution in [-0.2, 0) is 0 Å². The van der Waals surface area contributed by atoms with Gasteiger partial charge in [0.15, 0.2) is 5.76 Å². The van der Waals surface area contributed by atoms with Crippen molar-refractivity contribution in [3.8, 4) is 0 Å². The van der Waals surface area contributed by atoms with Crippen LogP contribution in [0.5, 0.6) is 0 Å². The third kappa shape index (κ3) is 4.48. The smallest absolute Gasteiger partial charge is 0.293 e. The highest BCUT2D eigenvalue weighted by atomic mass is 16.3. The van der Waals surface area contributed by atoms with Gasteiger partial charge in [-0.1, -0.05) is 26.0 Å². The van der Waals surface area contributed by atoms with E-state index in [1.807, 2.05) is 13.8 Å². The number of nitrogens with zero attached hydrogens (tertiary/aromatic N) is 1. The molecule has 1 atom stereocenters. The van der Waals surface area contributed by atoms with Crippen LogP contribution in [0.25, 0.3) is 0 Å². The zero-order valence-corrected chi connectivity index (χ0v) is 14.7. The fourth-order valence-corrected chi connectivity index (χ4v) is 2.59. The van der Waals surface area contributed by atoms with E-state index >= 15 is 0 Å². The minimum Gasteiger partial charge on any atom is -0.459 e. The van der Waals surface area contributed by atoms with E-state index in [0.717, 1.165) is 0 Å². The Morgan fingerprint density at radius 3 is 2.52 bits per heavy atom. The maximum atomic E-state index is 12.7. The van der Waals surface area contributed by atoms with Gasteiger partial charge in [-0.05, 0) is 36.6 Å². The Bertz CT molecular complexity index is 710. The summed E-state index contributed by atoms with van der Waals surface area (Å²) in [4.78, 5) is 26.6. The van der Waals surface area contributed by atoms with Gasteiger partial charge < -0.3 is 19.7 Å². The van der Waals surface area contributed by atoms with Crippen LogP contribution in [-0.4, -0.2) is 36.6 Å². The summed E-state index contributed by atoms with van der Waals surface area (Å²) in [6, 6.07) is 9.99. The number of aliphatic hydroxyl groups is 1. The lowest BCUT2D eigenvalue weighted by Gasteiger charge is -2.24. The second kappa shape index (κ2) is 8.48. The molecule has 0 aliphatic heterocycles. The molecule has 0 spiro atoms. The van der Waals surface area contributed by atoms with Crippen LogP contribution in [0.15, 0.2) is 47.1 Å². The molecule has 0 aliphatic carbocycles. The van der Waals surface area contributed by atoms with Crippen LogP contribution in [0.2, 0.25) is 0 Å². The third-order valence-electron chi connectivity index (χ3n) is 4.11. The lowest BCUT2D eigenvalue weighted by atomic mass is 10.0. The predicted molar refractivity (Wildman–Crippen MR) is 95.7 cm³/mol. The van der Waals surface area contributed by atoms with Gasteiger partial charge in [-0.3, -0.25) is 9.59 Å². The number of nitrogens with one attached hydrogen (secondary N) is 1. The Morgan fingerprint density at radius 1 is 1.20 bits per heavy atom. The highest BCUT2D eigenvalue weighted by Gasteiger charge is 2.23. The van der Waals surface area contributed by atoms with Gasteiger partial charge in [0.05, 0.1) is 17.5 Å². The summed E-state index contributed by atoms with van der Waals surface area (Å²) in [5, 5.41) is 12.1. The van der Waals surface area contributed by atoms with E-state index in [1.165, 1.54) is 11.2 Å². The molecule has 6 heteroatoms. The topological polar surface area (TPSA) is 82.8 Å². The zero-order chi connectivity index (χ0) is 18.4. The number of benzene rings is 1. The Balaban J connectivity index is 2.25. The molecule has 1 aromatic heterocycles. The van der Waals surface area contributed by atoms with Crippen molar-refractivity contribution in [3.05, 3.63) is 54.0 Å². The molecule has 2 amide bonds. The molecular weight excluding hydrogens is 320 g/mol. The number of anilines is 1. The molecule has 1 unspecified atom stereocenters. The van der Waals surface area contributed by atoms with Gasteiger partial charge in [-0.2, -0.15) is 0 Å². The molecule has 2 N–H and O–H groups in total.